The lowest BCUT2D eigenvalue weighted by Gasteiger charge is -2.18. The second kappa shape index (κ2) is 49.0. The van der Waals surface area contributed by atoms with E-state index < -0.39 is 6.10 Å². The zero-order valence-electron chi connectivity index (χ0n) is 39.1. The highest BCUT2D eigenvalue weighted by Crippen LogP contribution is 2.10. The van der Waals surface area contributed by atoms with Crippen LogP contribution in [0.3, 0.4) is 0 Å². The molecule has 0 heterocycles. The summed E-state index contributed by atoms with van der Waals surface area (Å²) in [6, 6.07) is 0. The van der Waals surface area contributed by atoms with Crippen molar-refractivity contribution in [2.75, 3.05) is 13.2 Å². The maximum Gasteiger partial charge on any atom is 0.306 e. The molecule has 0 saturated heterocycles. The number of allylic oxidation sites excluding steroid dienone is 24. The van der Waals surface area contributed by atoms with Gasteiger partial charge < -0.3 is 14.2 Å². The molecule has 0 aliphatic heterocycles. The molecule has 0 spiro atoms. The highest BCUT2D eigenvalue weighted by Gasteiger charge is 2.19. The predicted molar refractivity (Wildman–Crippen MR) is 265 cm³/mol. The number of esters is 3. The quantitative estimate of drug-likeness (QED) is 0.0264. The van der Waals surface area contributed by atoms with E-state index in [0.29, 0.717) is 19.3 Å². The van der Waals surface area contributed by atoms with Crippen molar-refractivity contribution in [1.29, 1.82) is 0 Å². The minimum Gasteiger partial charge on any atom is -0.462 e. The molecular weight excluding hydrogens is 769 g/mol. The zero-order valence-corrected chi connectivity index (χ0v) is 39.1. The number of hydrogen-bond acceptors (Lipinski definition) is 6. The van der Waals surface area contributed by atoms with Gasteiger partial charge >= 0.3 is 17.9 Å². The predicted octanol–water partition coefficient (Wildman–Crippen LogP) is 15.7. The largest absolute Gasteiger partial charge is 0.462 e. The van der Waals surface area contributed by atoms with Gasteiger partial charge in [0, 0.05) is 19.3 Å². The van der Waals surface area contributed by atoms with Crippen molar-refractivity contribution >= 4 is 17.9 Å². The molecule has 1 unspecified atom stereocenters. The van der Waals surface area contributed by atoms with Crippen LogP contribution in [0.25, 0.3) is 0 Å². The van der Waals surface area contributed by atoms with Crippen LogP contribution in [0, 0.1) is 0 Å². The molecule has 0 N–H and O–H groups in total. The van der Waals surface area contributed by atoms with Crippen molar-refractivity contribution in [2.24, 2.45) is 0 Å². The Kier molecular flexibility index (Phi) is 45.2. The molecule has 0 amide bonds. The standard InChI is InChI=1S/C56H84O6/c1-4-7-10-13-16-19-21-23-25-27-28-29-31-32-34-37-40-43-46-49-55(58)61-52-53(51-60-54(57)48-45-42-39-36-18-15-12-9-6-3)62-56(59)50-47-44-41-38-35-33-30-26-24-22-20-17-14-11-8-5-2/h7-12,16-20,23-26,28-29,32-36,40,43,53H,4-6,13-15,21-22,27,30-31,37-39,41-42,44-52H2,1-3H3/b10-7-,11-8-,12-9-,19-16-,20-17-,25-23-,26-24-,29-28-,34-32-,35-33-,36-18-,43-40-. The first-order chi connectivity index (χ1) is 30.5. The third kappa shape index (κ3) is 46.4. The average molecular weight is 853 g/mol. The van der Waals surface area contributed by atoms with Crippen molar-refractivity contribution in [3.05, 3.63) is 146 Å². The Balaban J connectivity index is 4.58. The molecule has 62 heavy (non-hydrogen) atoms. The maximum atomic E-state index is 12.7. The summed E-state index contributed by atoms with van der Waals surface area (Å²) in [7, 11) is 0. The summed E-state index contributed by atoms with van der Waals surface area (Å²) in [5.74, 6) is -1.11. The number of carbonyl (C=O) groups excluding carboxylic acids is 3. The molecule has 0 radical (unpaired) electrons. The van der Waals surface area contributed by atoms with Gasteiger partial charge in [0.2, 0.25) is 0 Å². The van der Waals surface area contributed by atoms with Crippen LogP contribution >= 0.6 is 0 Å². The number of rotatable bonds is 40. The van der Waals surface area contributed by atoms with Gasteiger partial charge in [-0.2, -0.15) is 0 Å². The fourth-order valence-corrected chi connectivity index (χ4v) is 5.61. The molecule has 0 bridgehead atoms. The van der Waals surface area contributed by atoms with Crippen molar-refractivity contribution in [3.63, 3.8) is 0 Å². The van der Waals surface area contributed by atoms with Crippen LogP contribution in [0.5, 0.6) is 0 Å². The van der Waals surface area contributed by atoms with E-state index >= 15 is 0 Å². The molecule has 0 rings (SSSR count). The molecule has 0 aromatic heterocycles. The molecule has 0 aromatic carbocycles. The topological polar surface area (TPSA) is 78.9 Å². The van der Waals surface area contributed by atoms with Gasteiger partial charge in [0.1, 0.15) is 13.2 Å². The Labute approximate surface area is 378 Å². The van der Waals surface area contributed by atoms with E-state index in [1.54, 1.807) is 0 Å². The second-order valence-corrected chi connectivity index (χ2v) is 14.9. The molecule has 0 saturated carbocycles. The van der Waals surface area contributed by atoms with Gasteiger partial charge in [-0.05, 0) is 122 Å². The Hall–Kier alpha value is -4.71. The van der Waals surface area contributed by atoms with Gasteiger partial charge in [0.15, 0.2) is 6.10 Å². The molecule has 0 aliphatic carbocycles. The zero-order chi connectivity index (χ0) is 45.1. The van der Waals surface area contributed by atoms with Crippen molar-refractivity contribution < 1.29 is 28.6 Å². The van der Waals surface area contributed by atoms with Crippen LogP contribution < -0.4 is 0 Å². The highest BCUT2D eigenvalue weighted by atomic mass is 16.6. The van der Waals surface area contributed by atoms with Crippen LogP contribution in [0.4, 0.5) is 0 Å². The van der Waals surface area contributed by atoms with Gasteiger partial charge in [0.25, 0.3) is 0 Å². The van der Waals surface area contributed by atoms with Crippen LogP contribution in [-0.2, 0) is 28.6 Å². The van der Waals surface area contributed by atoms with E-state index in [4.69, 9.17) is 14.2 Å². The Bertz CT molecular complexity index is 1440. The molecule has 6 nitrogen and oxygen atoms in total. The highest BCUT2D eigenvalue weighted by molar-refractivity contribution is 5.71. The van der Waals surface area contributed by atoms with Gasteiger partial charge in [-0.3, -0.25) is 14.4 Å². The number of hydrogen-bond donors (Lipinski definition) is 0. The lowest BCUT2D eigenvalue weighted by molar-refractivity contribution is -0.166. The molecule has 0 aliphatic rings. The molecule has 0 aromatic rings. The first-order valence-electron chi connectivity index (χ1n) is 23.8. The van der Waals surface area contributed by atoms with E-state index in [2.05, 4.69) is 154 Å². The van der Waals surface area contributed by atoms with Gasteiger partial charge in [0.05, 0.1) is 0 Å². The smallest absolute Gasteiger partial charge is 0.306 e. The lowest BCUT2D eigenvalue weighted by Crippen LogP contribution is -2.30. The average Bonchev–Trinajstić information content (AvgIpc) is 3.27. The monoisotopic (exact) mass is 853 g/mol. The van der Waals surface area contributed by atoms with Crippen LogP contribution in [0.2, 0.25) is 0 Å². The minimum atomic E-state index is -0.843. The summed E-state index contributed by atoms with van der Waals surface area (Å²) in [4.78, 5) is 37.8. The van der Waals surface area contributed by atoms with Crippen molar-refractivity contribution in [2.45, 2.75) is 175 Å². The lowest BCUT2D eigenvalue weighted by atomic mass is 10.1. The SMILES string of the molecule is CC/C=C\C/C=C\C/C=C\C/C=C\C/C=C\C/C=C\CCC(=O)OCC(COC(=O)CCCC/C=C\C/C=C\CC)OC(=O)CCCCC/C=C\C/C=C\C/C=C\C/C=C\CC. The van der Waals surface area contributed by atoms with Gasteiger partial charge in [-0.25, -0.2) is 0 Å². The van der Waals surface area contributed by atoms with E-state index in [-0.39, 0.29) is 50.4 Å². The minimum absolute atomic E-state index is 0.138. The summed E-state index contributed by atoms with van der Waals surface area (Å²) < 4.78 is 16.6. The third-order valence-corrected chi connectivity index (χ3v) is 9.08. The summed E-state index contributed by atoms with van der Waals surface area (Å²) in [5, 5.41) is 0. The fourth-order valence-electron chi connectivity index (χ4n) is 5.61. The molecule has 6 heteroatoms. The van der Waals surface area contributed by atoms with Crippen LogP contribution in [-0.4, -0.2) is 37.2 Å². The normalized spacial score (nSPS) is 13.4. The number of ether oxygens (including phenoxy) is 3. The molecule has 1 atom stereocenters. The summed E-state index contributed by atoms with van der Waals surface area (Å²) in [5.41, 5.74) is 0. The summed E-state index contributed by atoms with van der Waals surface area (Å²) in [6.45, 7) is 6.12. The van der Waals surface area contributed by atoms with Gasteiger partial charge in [-0.15, -0.1) is 0 Å². The second-order valence-electron chi connectivity index (χ2n) is 14.9. The Morgan fingerprint density at radius 2 is 0.613 bits per heavy atom. The van der Waals surface area contributed by atoms with Gasteiger partial charge in [-0.1, -0.05) is 173 Å². The van der Waals surface area contributed by atoms with Crippen molar-refractivity contribution in [3.8, 4) is 0 Å². The van der Waals surface area contributed by atoms with Crippen molar-refractivity contribution in [1.82, 2.24) is 0 Å². The van der Waals surface area contributed by atoms with Crippen LogP contribution in [0.1, 0.15) is 168 Å². The Morgan fingerprint density at radius 1 is 0.323 bits per heavy atom. The van der Waals surface area contributed by atoms with E-state index in [1.165, 1.54) is 0 Å². The third-order valence-electron chi connectivity index (χ3n) is 9.08. The molecule has 0 fully saturated rings. The summed E-state index contributed by atoms with van der Waals surface area (Å²) >= 11 is 0. The molecule has 344 valence electrons. The van der Waals surface area contributed by atoms with E-state index in [1.807, 2.05) is 12.2 Å². The van der Waals surface area contributed by atoms with E-state index in [9.17, 15) is 14.4 Å². The maximum absolute atomic E-state index is 12.7. The number of unbranched alkanes of at least 4 members (excludes halogenated alkanes) is 5. The first kappa shape index (κ1) is 57.3. The van der Waals surface area contributed by atoms with E-state index in [0.717, 1.165) is 109 Å². The van der Waals surface area contributed by atoms with Crippen LogP contribution in [0.15, 0.2) is 146 Å². The Morgan fingerprint density at radius 3 is 1.00 bits per heavy atom. The fraction of sp³-hybridized carbons (Fsp3) is 0.518. The molecular formula is C56H84O6. The summed E-state index contributed by atoms with van der Waals surface area (Å²) in [6.07, 6.45) is 70.0. The number of carbonyl (C=O) groups is 3. The first-order valence-corrected chi connectivity index (χ1v) is 23.8.